The van der Waals surface area contributed by atoms with Crippen molar-refractivity contribution in [2.45, 2.75) is 90.1 Å². The van der Waals surface area contributed by atoms with Crippen LogP contribution in [-0.2, 0) is 13.7 Å². The number of hydrogen-bond acceptors (Lipinski definition) is 4. The number of pyridine rings is 1. The van der Waals surface area contributed by atoms with Gasteiger partial charge < -0.3 is 13.7 Å². The molecule has 0 bridgehead atoms. The molecule has 0 amide bonds. The van der Waals surface area contributed by atoms with Gasteiger partial charge >= 0.3 is 13.3 Å². The van der Waals surface area contributed by atoms with Crippen LogP contribution in [0.15, 0.2) is 18.5 Å². The number of aromatic nitrogens is 1. The van der Waals surface area contributed by atoms with E-state index in [0.29, 0.717) is 5.46 Å². The lowest BCUT2D eigenvalue weighted by atomic mass is 9.79. The molecule has 158 valence electrons. The van der Waals surface area contributed by atoms with Crippen molar-refractivity contribution < 1.29 is 26.9 Å². The Morgan fingerprint density at radius 1 is 1.04 bits per heavy atom. The van der Waals surface area contributed by atoms with Gasteiger partial charge in [-0.1, -0.05) is 26.8 Å². The third kappa shape index (κ3) is 4.63. The van der Waals surface area contributed by atoms with Gasteiger partial charge in [0.2, 0.25) is 0 Å². The summed E-state index contributed by atoms with van der Waals surface area (Å²) in [4.78, 5) is 4.03. The van der Waals surface area contributed by atoms with Crippen molar-refractivity contribution in [3.05, 3.63) is 24.0 Å². The van der Waals surface area contributed by atoms with E-state index in [1.807, 2.05) is 48.5 Å². The normalized spacial score (nSPS) is 21.1. The molecule has 1 saturated heterocycles. The summed E-state index contributed by atoms with van der Waals surface area (Å²) in [5.74, 6) is 0. The molecule has 1 aliphatic heterocycles. The quantitative estimate of drug-likeness (QED) is 0.646. The summed E-state index contributed by atoms with van der Waals surface area (Å²) in [6.07, 6.45) is -3.90. The second-order valence-electron chi connectivity index (χ2n) is 9.94. The van der Waals surface area contributed by atoms with Gasteiger partial charge in [-0.25, -0.2) is 0 Å². The molecule has 0 radical (unpaired) electrons. The van der Waals surface area contributed by atoms with Gasteiger partial charge in [-0.2, -0.15) is 13.2 Å². The van der Waals surface area contributed by atoms with Crippen LogP contribution in [-0.4, -0.2) is 37.8 Å². The smallest absolute Gasteiger partial charge is 0.402 e. The van der Waals surface area contributed by atoms with Crippen molar-refractivity contribution in [3.8, 4) is 0 Å². The molecule has 1 fully saturated rings. The second-order valence-corrected chi connectivity index (χ2v) is 14.7. The summed E-state index contributed by atoms with van der Waals surface area (Å²) < 4.78 is 59.3. The van der Waals surface area contributed by atoms with Crippen molar-refractivity contribution >= 4 is 20.9 Å². The van der Waals surface area contributed by atoms with Crippen LogP contribution in [0, 0.1) is 0 Å². The number of rotatable bonds is 4. The molecule has 0 spiro atoms. The SMILES string of the molecule is CC1(C)OB(c2cncc(C(O[Si](C)(C)C(C)(C)C)C(F)(F)F)c2)OC1(C)C. The summed E-state index contributed by atoms with van der Waals surface area (Å²) in [5.41, 5.74) is -0.766. The van der Waals surface area contributed by atoms with Crippen LogP contribution in [0.4, 0.5) is 13.2 Å². The molecule has 4 nitrogen and oxygen atoms in total. The molecule has 9 heteroatoms. The summed E-state index contributed by atoms with van der Waals surface area (Å²) in [6, 6.07) is 1.43. The van der Waals surface area contributed by atoms with E-state index in [0.717, 1.165) is 0 Å². The van der Waals surface area contributed by atoms with E-state index in [4.69, 9.17) is 13.7 Å². The molecule has 0 aliphatic carbocycles. The minimum absolute atomic E-state index is 0.0375. The molecule has 1 aliphatic rings. The minimum atomic E-state index is -4.55. The Morgan fingerprint density at radius 2 is 1.54 bits per heavy atom. The van der Waals surface area contributed by atoms with Crippen molar-refractivity contribution in [2.75, 3.05) is 0 Å². The molecule has 0 N–H and O–H groups in total. The van der Waals surface area contributed by atoms with Crippen LogP contribution in [0.2, 0.25) is 18.1 Å². The van der Waals surface area contributed by atoms with Crippen molar-refractivity contribution in [2.24, 2.45) is 0 Å². The van der Waals surface area contributed by atoms with Crippen molar-refractivity contribution in [3.63, 3.8) is 0 Å². The molecular weight excluding hydrogens is 386 g/mol. The number of nitrogens with zero attached hydrogens (tertiary/aromatic N) is 1. The first kappa shape index (κ1) is 23.4. The molecule has 28 heavy (non-hydrogen) atoms. The standard InChI is InChI=1S/C19H31BF3NO3Si/c1-16(2,3)28(8,9)25-15(19(21,22)23)13-10-14(12-24-11-13)20-26-17(4,5)18(6,7)27-20/h10-12,15H,1-9H3. The van der Waals surface area contributed by atoms with Gasteiger partial charge in [0.15, 0.2) is 14.4 Å². The molecular formula is C19H31BF3NO3Si. The highest BCUT2D eigenvalue weighted by atomic mass is 28.4. The van der Waals surface area contributed by atoms with Gasteiger partial charge in [0.25, 0.3) is 0 Å². The molecule has 1 atom stereocenters. The zero-order chi connectivity index (χ0) is 21.8. The lowest BCUT2D eigenvalue weighted by molar-refractivity contribution is -0.201. The van der Waals surface area contributed by atoms with Gasteiger partial charge in [0.05, 0.1) is 11.2 Å². The Bertz CT molecular complexity index is 701. The van der Waals surface area contributed by atoms with E-state index >= 15 is 0 Å². The zero-order valence-corrected chi connectivity index (χ0v) is 19.2. The molecule has 2 heterocycles. The van der Waals surface area contributed by atoms with E-state index < -0.39 is 38.9 Å². The summed E-state index contributed by atoms with van der Waals surface area (Å²) in [5, 5.41) is -0.354. The van der Waals surface area contributed by atoms with Crippen LogP contribution in [0.3, 0.4) is 0 Å². The molecule has 0 saturated carbocycles. The lowest BCUT2D eigenvalue weighted by Crippen LogP contribution is -2.45. The highest BCUT2D eigenvalue weighted by molar-refractivity contribution is 6.74. The molecule has 0 aromatic carbocycles. The van der Waals surface area contributed by atoms with Gasteiger partial charge in [0.1, 0.15) is 0 Å². The lowest BCUT2D eigenvalue weighted by Gasteiger charge is -2.39. The Kier molecular flexibility index (Phi) is 5.94. The monoisotopic (exact) mass is 417 g/mol. The van der Waals surface area contributed by atoms with E-state index in [9.17, 15) is 13.2 Å². The number of alkyl halides is 3. The fourth-order valence-corrected chi connectivity index (χ4v) is 3.74. The number of halogens is 3. The maximum Gasteiger partial charge on any atom is 0.496 e. The van der Waals surface area contributed by atoms with Crippen LogP contribution in [0.25, 0.3) is 0 Å². The van der Waals surface area contributed by atoms with Crippen LogP contribution < -0.4 is 5.46 Å². The highest BCUT2D eigenvalue weighted by Gasteiger charge is 2.53. The topological polar surface area (TPSA) is 40.6 Å². The molecule has 2 rings (SSSR count). The fraction of sp³-hybridized carbons (Fsp3) is 0.737. The van der Waals surface area contributed by atoms with Gasteiger partial charge in [-0.15, -0.1) is 0 Å². The van der Waals surface area contributed by atoms with Crippen molar-refractivity contribution in [1.29, 1.82) is 0 Å². The Balaban J connectivity index is 2.39. The average Bonchev–Trinajstić information content (AvgIpc) is 2.71. The predicted molar refractivity (Wildman–Crippen MR) is 107 cm³/mol. The Morgan fingerprint density at radius 3 is 1.96 bits per heavy atom. The zero-order valence-electron chi connectivity index (χ0n) is 18.2. The minimum Gasteiger partial charge on any atom is -0.402 e. The van der Waals surface area contributed by atoms with Crippen molar-refractivity contribution in [1.82, 2.24) is 4.98 Å². The average molecular weight is 417 g/mol. The first-order valence-corrected chi connectivity index (χ1v) is 12.3. The van der Waals surface area contributed by atoms with Crippen LogP contribution >= 0.6 is 0 Å². The predicted octanol–water partition coefficient (Wildman–Crippen LogP) is 5.01. The van der Waals surface area contributed by atoms with Crippen LogP contribution in [0.1, 0.15) is 60.1 Å². The molecule has 1 aromatic heterocycles. The van der Waals surface area contributed by atoms with E-state index in [-0.39, 0.29) is 10.6 Å². The fourth-order valence-electron chi connectivity index (χ4n) is 2.52. The first-order valence-electron chi connectivity index (χ1n) is 9.42. The first-order chi connectivity index (χ1) is 12.4. The summed E-state index contributed by atoms with van der Waals surface area (Å²) in [6.45, 7) is 16.9. The largest absolute Gasteiger partial charge is 0.496 e. The highest BCUT2D eigenvalue weighted by Crippen LogP contribution is 2.44. The third-order valence-corrected chi connectivity index (χ3v) is 10.6. The van der Waals surface area contributed by atoms with Gasteiger partial charge in [0, 0.05) is 23.4 Å². The van der Waals surface area contributed by atoms with E-state index in [1.165, 1.54) is 18.5 Å². The molecule has 1 aromatic rings. The maximum atomic E-state index is 13.9. The summed E-state index contributed by atoms with van der Waals surface area (Å²) in [7, 11) is -3.44. The third-order valence-electron chi connectivity index (χ3n) is 6.12. The summed E-state index contributed by atoms with van der Waals surface area (Å²) >= 11 is 0. The van der Waals surface area contributed by atoms with E-state index in [1.54, 1.807) is 13.1 Å². The second kappa shape index (κ2) is 7.11. The maximum absolute atomic E-state index is 13.9. The molecule has 1 unspecified atom stereocenters. The van der Waals surface area contributed by atoms with Crippen LogP contribution in [0.5, 0.6) is 0 Å². The Hall–Kier alpha value is -0.898. The number of hydrogen-bond donors (Lipinski definition) is 0. The van der Waals surface area contributed by atoms with Gasteiger partial charge in [-0.3, -0.25) is 4.98 Å². The van der Waals surface area contributed by atoms with Gasteiger partial charge in [-0.05, 0) is 45.8 Å². The Labute approximate surface area is 167 Å². The van der Waals surface area contributed by atoms with E-state index in [2.05, 4.69) is 4.98 Å².